The van der Waals surface area contributed by atoms with Crippen LogP contribution in [0.25, 0.3) is 6.08 Å². The number of hydrogen-bond acceptors (Lipinski definition) is 6. The van der Waals surface area contributed by atoms with Crippen molar-refractivity contribution in [1.29, 1.82) is 0 Å². The molecule has 1 unspecified atom stereocenters. The molecule has 2 heterocycles. The lowest BCUT2D eigenvalue weighted by Gasteiger charge is -2.31. The van der Waals surface area contributed by atoms with E-state index in [0.717, 1.165) is 43.8 Å². The molecule has 0 aliphatic carbocycles. The van der Waals surface area contributed by atoms with Crippen LogP contribution in [0.3, 0.4) is 0 Å². The number of rotatable bonds is 8. The van der Waals surface area contributed by atoms with E-state index in [9.17, 15) is 4.79 Å². The number of aromatic nitrogens is 3. The van der Waals surface area contributed by atoms with E-state index in [1.807, 2.05) is 24.3 Å². The average Bonchev–Trinajstić information content (AvgIpc) is 3.24. The second-order valence-corrected chi connectivity index (χ2v) is 7.27. The number of ether oxygens (including phenoxy) is 1. The maximum Gasteiger partial charge on any atom is 0.275 e. The quantitative estimate of drug-likeness (QED) is 0.727. The monoisotopic (exact) mass is 399 g/mol. The van der Waals surface area contributed by atoms with Crippen molar-refractivity contribution < 1.29 is 14.6 Å². The predicted octanol–water partition coefficient (Wildman–Crippen LogP) is 1.70. The summed E-state index contributed by atoms with van der Waals surface area (Å²) in [5.41, 5.74) is 1.46. The molecule has 0 spiro atoms. The van der Waals surface area contributed by atoms with Gasteiger partial charge in [0.05, 0.1) is 26.0 Å². The summed E-state index contributed by atoms with van der Waals surface area (Å²) in [5, 5.41) is 17.2. The van der Waals surface area contributed by atoms with Gasteiger partial charge in [0, 0.05) is 26.7 Å². The lowest BCUT2D eigenvalue weighted by atomic mass is 10.1. The second-order valence-electron chi connectivity index (χ2n) is 7.27. The lowest BCUT2D eigenvalue weighted by molar-refractivity contribution is 0.0761. The Hall–Kier alpha value is -2.71. The maximum atomic E-state index is 12.3. The van der Waals surface area contributed by atoms with Crippen LogP contribution in [0.2, 0.25) is 0 Å². The summed E-state index contributed by atoms with van der Waals surface area (Å²) in [6.45, 7) is 2.99. The van der Waals surface area contributed by atoms with E-state index in [1.165, 1.54) is 4.90 Å². The minimum atomic E-state index is -0.222. The van der Waals surface area contributed by atoms with Gasteiger partial charge in [0.15, 0.2) is 5.69 Å². The van der Waals surface area contributed by atoms with Crippen LogP contribution in [0.15, 0.2) is 36.5 Å². The molecule has 0 saturated carbocycles. The summed E-state index contributed by atoms with van der Waals surface area (Å²) in [4.78, 5) is 16.1. The van der Waals surface area contributed by atoms with Crippen LogP contribution in [-0.2, 0) is 0 Å². The summed E-state index contributed by atoms with van der Waals surface area (Å²) in [5.74, 6) is 0.634. The van der Waals surface area contributed by atoms with Gasteiger partial charge in [0.2, 0.25) is 0 Å². The van der Waals surface area contributed by atoms with Crippen molar-refractivity contribution >= 4 is 12.0 Å². The SMILES string of the molecule is COc1ccc(/C=C/CN2CCCC(n3cc(C(=O)N(C)CCO)nn3)C2)cc1. The van der Waals surface area contributed by atoms with Gasteiger partial charge < -0.3 is 14.7 Å². The summed E-state index contributed by atoms with van der Waals surface area (Å²) in [6.07, 6.45) is 8.10. The molecule has 1 N–H and O–H groups in total. The number of benzene rings is 1. The van der Waals surface area contributed by atoms with E-state index < -0.39 is 0 Å². The van der Waals surface area contributed by atoms with Crippen molar-refractivity contribution in [2.75, 3.05) is 46.9 Å². The Balaban J connectivity index is 1.55. The maximum absolute atomic E-state index is 12.3. The zero-order valence-electron chi connectivity index (χ0n) is 17.1. The zero-order valence-corrected chi connectivity index (χ0v) is 17.1. The minimum absolute atomic E-state index is 0.0714. The van der Waals surface area contributed by atoms with Crippen molar-refractivity contribution in [2.45, 2.75) is 18.9 Å². The van der Waals surface area contributed by atoms with Crippen LogP contribution in [0, 0.1) is 0 Å². The molecule has 29 heavy (non-hydrogen) atoms. The Kier molecular flexibility index (Phi) is 7.37. The fourth-order valence-corrected chi connectivity index (χ4v) is 3.47. The molecule has 1 amide bonds. The highest BCUT2D eigenvalue weighted by Gasteiger charge is 2.23. The molecule has 8 nitrogen and oxygen atoms in total. The molecule has 1 aliphatic rings. The lowest BCUT2D eigenvalue weighted by Crippen LogP contribution is -2.36. The van der Waals surface area contributed by atoms with Crippen molar-refractivity contribution in [2.24, 2.45) is 0 Å². The van der Waals surface area contributed by atoms with Crippen molar-refractivity contribution in [3.8, 4) is 5.75 Å². The fraction of sp³-hybridized carbons (Fsp3) is 0.476. The first-order valence-electron chi connectivity index (χ1n) is 9.92. The van der Waals surface area contributed by atoms with Crippen LogP contribution in [0.4, 0.5) is 0 Å². The number of amides is 1. The fourth-order valence-electron chi connectivity index (χ4n) is 3.47. The highest BCUT2D eigenvalue weighted by atomic mass is 16.5. The summed E-state index contributed by atoms with van der Waals surface area (Å²) >= 11 is 0. The molecule has 1 atom stereocenters. The first-order valence-corrected chi connectivity index (χ1v) is 9.92. The normalized spacial score (nSPS) is 17.6. The third kappa shape index (κ3) is 5.65. The van der Waals surface area contributed by atoms with Gasteiger partial charge in [0.1, 0.15) is 5.75 Å². The number of aliphatic hydroxyl groups is 1. The van der Waals surface area contributed by atoms with E-state index in [-0.39, 0.29) is 25.1 Å². The molecule has 1 aliphatic heterocycles. The summed E-state index contributed by atoms with van der Waals surface area (Å²) in [6, 6.07) is 8.19. The Morgan fingerprint density at radius 3 is 2.90 bits per heavy atom. The van der Waals surface area contributed by atoms with Gasteiger partial charge in [-0.05, 0) is 37.1 Å². The average molecular weight is 399 g/mol. The minimum Gasteiger partial charge on any atom is -0.497 e. The van der Waals surface area contributed by atoms with Crippen molar-refractivity contribution in [3.63, 3.8) is 0 Å². The molecule has 2 aromatic rings. The predicted molar refractivity (Wildman–Crippen MR) is 111 cm³/mol. The van der Waals surface area contributed by atoms with Gasteiger partial charge in [-0.25, -0.2) is 4.68 Å². The Labute approximate surface area is 171 Å². The first-order chi connectivity index (χ1) is 14.1. The Bertz CT molecular complexity index is 818. The van der Waals surface area contributed by atoms with Gasteiger partial charge in [-0.1, -0.05) is 29.5 Å². The third-order valence-electron chi connectivity index (χ3n) is 5.16. The molecule has 1 aromatic heterocycles. The molecule has 0 bridgehead atoms. The molecule has 156 valence electrons. The van der Waals surface area contributed by atoms with Crippen LogP contribution < -0.4 is 4.74 Å². The number of methoxy groups -OCH3 is 1. The smallest absolute Gasteiger partial charge is 0.275 e. The van der Waals surface area contributed by atoms with E-state index in [1.54, 1.807) is 25.0 Å². The third-order valence-corrected chi connectivity index (χ3v) is 5.16. The second kappa shape index (κ2) is 10.2. The number of hydrogen-bond donors (Lipinski definition) is 1. The van der Waals surface area contributed by atoms with Gasteiger partial charge in [-0.15, -0.1) is 5.10 Å². The number of carbonyl (C=O) groups excluding carboxylic acids is 1. The Morgan fingerprint density at radius 2 is 2.17 bits per heavy atom. The summed E-state index contributed by atoms with van der Waals surface area (Å²) in [7, 11) is 3.31. The first kappa shape index (κ1) is 21.0. The van der Waals surface area contributed by atoms with Gasteiger partial charge in [-0.2, -0.15) is 0 Å². The standard InChI is InChI=1S/C21H29N5O3/c1-24(13-14-27)21(28)20-16-26(23-22-20)18-6-4-12-25(15-18)11-3-5-17-7-9-19(29-2)10-8-17/h3,5,7-10,16,18,27H,4,6,11-15H2,1-2H3/b5-3+. The van der Waals surface area contributed by atoms with E-state index in [0.29, 0.717) is 5.69 Å². The zero-order chi connectivity index (χ0) is 20.6. The largest absolute Gasteiger partial charge is 0.497 e. The van der Waals surface area contributed by atoms with Gasteiger partial charge in [0.25, 0.3) is 5.91 Å². The van der Waals surface area contributed by atoms with E-state index in [4.69, 9.17) is 9.84 Å². The molecule has 1 saturated heterocycles. The van der Waals surface area contributed by atoms with E-state index >= 15 is 0 Å². The van der Waals surface area contributed by atoms with Crippen LogP contribution >= 0.6 is 0 Å². The highest BCUT2D eigenvalue weighted by Crippen LogP contribution is 2.21. The van der Waals surface area contributed by atoms with Crippen molar-refractivity contribution in [1.82, 2.24) is 24.8 Å². The molecule has 1 fully saturated rings. The van der Waals surface area contributed by atoms with Crippen LogP contribution in [0.1, 0.15) is 34.9 Å². The summed E-state index contributed by atoms with van der Waals surface area (Å²) < 4.78 is 6.99. The molecule has 1 aromatic carbocycles. The molecular weight excluding hydrogens is 370 g/mol. The van der Waals surface area contributed by atoms with Gasteiger partial charge >= 0.3 is 0 Å². The number of carbonyl (C=O) groups is 1. The van der Waals surface area contributed by atoms with Crippen LogP contribution in [-0.4, -0.2) is 82.8 Å². The van der Waals surface area contributed by atoms with Crippen LogP contribution in [0.5, 0.6) is 5.75 Å². The number of aliphatic hydroxyl groups excluding tert-OH is 1. The molecule has 3 rings (SSSR count). The molecule has 0 radical (unpaired) electrons. The van der Waals surface area contributed by atoms with E-state index in [2.05, 4.69) is 27.4 Å². The Morgan fingerprint density at radius 1 is 1.38 bits per heavy atom. The highest BCUT2D eigenvalue weighted by molar-refractivity contribution is 5.91. The topological polar surface area (TPSA) is 83.7 Å². The number of piperidine rings is 1. The van der Waals surface area contributed by atoms with Crippen molar-refractivity contribution in [3.05, 3.63) is 47.8 Å². The molecule has 8 heteroatoms. The number of likely N-dealkylation sites (tertiary alicyclic amines) is 1. The molecular formula is C21H29N5O3. The number of likely N-dealkylation sites (N-methyl/N-ethyl adjacent to an activating group) is 1. The number of nitrogens with zero attached hydrogens (tertiary/aromatic N) is 5. The van der Waals surface area contributed by atoms with Gasteiger partial charge in [-0.3, -0.25) is 9.69 Å².